The maximum atomic E-state index is 12.7. The van der Waals surface area contributed by atoms with Gasteiger partial charge in [-0.2, -0.15) is 5.26 Å². The van der Waals surface area contributed by atoms with Crippen molar-refractivity contribution in [3.05, 3.63) is 65.2 Å². The summed E-state index contributed by atoms with van der Waals surface area (Å²) in [6.07, 6.45) is 0.786. The summed E-state index contributed by atoms with van der Waals surface area (Å²) in [6, 6.07) is 15.2. The number of nitrogens with zero attached hydrogens (tertiary/aromatic N) is 3. The van der Waals surface area contributed by atoms with Crippen molar-refractivity contribution in [3.8, 4) is 6.07 Å². The van der Waals surface area contributed by atoms with Crippen molar-refractivity contribution in [1.82, 2.24) is 9.80 Å². The Balaban J connectivity index is 1.71. The molecule has 0 aromatic heterocycles. The Morgan fingerprint density at radius 2 is 1.70 bits per heavy atom. The Bertz CT molecular complexity index is 911. The van der Waals surface area contributed by atoms with Crippen LogP contribution in [-0.2, 0) is 4.79 Å². The van der Waals surface area contributed by atoms with Gasteiger partial charge in [-0.15, -0.1) is 0 Å². The minimum atomic E-state index is -0.356. The molecular formula is C20H18N4O3. The molecule has 0 unspecified atom stereocenters. The summed E-state index contributed by atoms with van der Waals surface area (Å²) >= 11 is 0. The second-order valence-electron chi connectivity index (χ2n) is 6.16. The lowest BCUT2D eigenvalue weighted by atomic mass is 10.1. The summed E-state index contributed by atoms with van der Waals surface area (Å²) in [5, 5.41) is 11.7. The Labute approximate surface area is 156 Å². The number of amides is 3. The number of carbonyl (C=O) groups is 3. The standard InChI is InChI=1S/C20H18N4O3/c21-13-15-3-1-6-18(11-15)22-19(26)16-4-2-5-17(12-16)20(27)24-9-7-23(14-25)8-10-24/h1-6,11-12,14H,7-10H2,(H,22,26). The van der Waals surface area contributed by atoms with E-state index in [0.717, 1.165) is 6.41 Å². The van der Waals surface area contributed by atoms with E-state index >= 15 is 0 Å². The van der Waals surface area contributed by atoms with Crippen LogP contribution in [-0.4, -0.2) is 54.2 Å². The number of piperazine rings is 1. The van der Waals surface area contributed by atoms with Gasteiger partial charge in [-0.05, 0) is 36.4 Å². The van der Waals surface area contributed by atoms with Gasteiger partial charge in [0.15, 0.2) is 0 Å². The van der Waals surface area contributed by atoms with Crippen molar-refractivity contribution in [2.75, 3.05) is 31.5 Å². The zero-order valence-electron chi connectivity index (χ0n) is 14.6. The van der Waals surface area contributed by atoms with E-state index in [2.05, 4.69) is 5.32 Å². The zero-order valence-corrected chi connectivity index (χ0v) is 14.6. The number of nitriles is 1. The van der Waals surface area contributed by atoms with E-state index in [1.54, 1.807) is 58.3 Å². The van der Waals surface area contributed by atoms with Crippen LogP contribution in [0, 0.1) is 11.3 Å². The molecule has 0 bridgehead atoms. The first-order valence-corrected chi connectivity index (χ1v) is 8.51. The molecule has 1 fully saturated rings. The lowest BCUT2D eigenvalue weighted by molar-refractivity contribution is -0.119. The Kier molecular flexibility index (Phi) is 5.47. The highest BCUT2D eigenvalue weighted by molar-refractivity contribution is 6.06. The predicted molar refractivity (Wildman–Crippen MR) is 99.1 cm³/mol. The molecule has 0 saturated carbocycles. The van der Waals surface area contributed by atoms with E-state index in [-0.39, 0.29) is 11.8 Å². The van der Waals surface area contributed by atoms with E-state index in [0.29, 0.717) is 48.6 Å². The van der Waals surface area contributed by atoms with Crippen LogP contribution < -0.4 is 5.32 Å². The number of nitrogens with one attached hydrogen (secondary N) is 1. The molecule has 0 atom stereocenters. The van der Waals surface area contributed by atoms with Crippen molar-refractivity contribution in [2.45, 2.75) is 0 Å². The summed E-state index contributed by atoms with van der Waals surface area (Å²) in [6.45, 7) is 1.94. The van der Waals surface area contributed by atoms with Gasteiger partial charge in [-0.3, -0.25) is 14.4 Å². The van der Waals surface area contributed by atoms with Gasteiger partial charge < -0.3 is 15.1 Å². The smallest absolute Gasteiger partial charge is 0.255 e. The molecule has 2 aromatic carbocycles. The fraction of sp³-hybridized carbons (Fsp3) is 0.200. The largest absolute Gasteiger partial charge is 0.342 e. The molecule has 0 radical (unpaired) electrons. The van der Waals surface area contributed by atoms with Crippen molar-refractivity contribution in [1.29, 1.82) is 5.26 Å². The number of anilines is 1. The number of hydrogen-bond acceptors (Lipinski definition) is 4. The molecule has 27 heavy (non-hydrogen) atoms. The maximum Gasteiger partial charge on any atom is 0.255 e. The summed E-state index contributed by atoms with van der Waals surface area (Å²) in [7, 11) is 0. The van der Waals surface area contributed by atoms with E-state index in [4.69, 9.17) is 5.26 Å². The van der Waals surface area contributed by atoms with Crippen LogP contribution in [0.5, 0.6) is 0 Å². The van der Waals surface area contributed by atoms with E-state index in [1.807, 2.05) is 6.07 Å². The minimum absolute atomic E-state index is 0.165. The lowest BCUT2D eigenvalue weighted by Gasteiger charge is -2.32. The van der Waals surface area contributed by atoms with Gasteiger partial charge >= 0.3 is 0 Å². The second-order valence-corrected chi connectivity index (χ2v) is 6.16. The van der Waals surface area contributed by atoms with Gasteiger partial charge in [0.1, 0.15) is 0 Å². The molecule has 1 heterocycles. The van der Waals surface area contributed by atoms with E-state index < -0.39 is 0 Å². The van der Waals surface area contributed by atoms with Gasteiger partial charge in [0.2, 0.25) is 6.41 Å². The Morgan fingerprint density at radius 3 is 2.41 bits per heavy atom. The van der Waals surface area contributed by atoms with Crippen LogP contribution in [0.1, 0.15) is 26.3 Å². The molecule has 1 aliphatic heterocycles. The molecule has 136 valence electrons. The third kappa shape index (κ3) is 4.30. The quantitative estimate of drug-likeness (QED) is 0.838. The van der Waals surface area contributed by atoms with Crippen LogP contribution in [0.3, 0.4) is 0 Å². The van der Waals surface area contributed by atoms with Crippen LogP contribution in [0.25, 0.3) is 0 Å². The lowest BCUT2D eigenvalue weighted by Crippen LogP contribution is -2.48. The van der Waals surface area contributed by atoms with Crippen molar-refractivity contribution >= 4 is 23.9 Å². The fourth-order valence-corrected chi connectivity index (χ4v) is 2.88. The molecule has 3 amide bonds. The average molecular weight is 362 g/mol. The average Bonchev–Trinajstić information content (AvgIpc) is 2.73. The third-order valence-corrected chi connectivity index (χ3v) is 4.37. The summed E-state index contributed by atoms with van der Waals surface area (Å²) in [5.41, 5.74) is 1.75. The highest BCUT2D eigenvalue weighted by Crippen LogP contribution is 2.14. The number of rotatable bonds is 4. The molecule has 1 N–H and O–H groups in total. The number of carbonyl (C=O) groups excluding carboxylic acids is 3. The molecule has 7 nitrogen and oxygen atoms in total. The summed E-state index contributed by atoms with van der Waals surface area (Å²) < 4.78 is 0. The van der Waals surface area contributed by atoms with Crippen LogP contribution >= 0.6 is 0 Å². The Hall–Kier alpha value is -3.66. The first-order valence-electron chi connectivity index (χ1n) is 8.51. The molecule has 1 aliphatic rings. The zero-order chi connectivity index (χ0) is 19.2. The molecule has 0 aliphatic carbocycles. The molecule has 0 spiro atoms. The van der Waals surface area contributed by atoms with Crippen LogP contribution in [0.4, 0.5) is 5.69 Å². The van der Waals surface area contributed by atoms with Gasteiger partial charge in [-0.1, -0.05) is 12.1 Å². The second kappa shape index (κ2) is 8.15. The first kappa shape index (κ1) is 18.1. The normalized spacial score (nSPS) is 13.6. The van der Waals surface area contributed by atoms with Crippen molar-refractivity contribution < 1.29 is 14.4 Å². The molecule has 7 heteroatoms. The van der Waals surface area contributed by atoms with Crippen LogP contribution in [0.2, 0.25) is 0 Å². The van der Waals surface area contributed by atoms with E-state index in [9.17, 15) is 14.4 Å². The topological polar surface area (TPSA) is 93.5 Å². The number of hydrogen-bond donors (Lipinski definition) is 1. The molecule has 3 rings (SSSR count). The molecule has 2 aromatic rings. The van der Waals surface area contributed by atoms with Gasteiger partial charge in [0.25, 0.3) is 11.8 Å². The summed E-state index contributed by atoms with van der Waals surface area (Å²) in [5.74, 6) is -0.521. The monoisotopic (exact) mass is 362 g/mol. The minimum Gasteiger partial charge on any atom is -0.342 e. The highest BCUT2D eigenvalue weighted by Gasteiger charge is 2.22. The van der Waals surface area contributed by atoms with Crippen molar-refractivity contribution in [3.63, 3.8) is 0 Å². The Morgan fingerprint density at radius 1 is 1.00 bits per heavy atom. The maximum absolute atomic E-state index is 12.7. The summed E-state index contributed by atoms with van der Waals surface area (Å²) in [4.78, 5) is 39.2. The van der Waals surface area contributed by atoms with Crippen LogP contribution in [0.15, 0.2) is 48.5 Å². The van der Waals surface area contributed by atoms with E-state index in [1.165, 1.54) is 0 Å². The van der Waals surface area contributed by atoms with Gasteiger partial charge in [0.05, 0.1) is 11.6 Å². The SMILES string of the molecule is N#Cc1cccc(NC(=O)c2cccc(C(=O)N3CCN(C=O)CC3)c2)c1. The highest BCUT2D eigenvalue weighted by atomic mass is 16.2. The predicted octanol–water partition coefficient (Wildman–Crippen LogP) is 1.72. The third-order valence-electron chi connectivity index (χ3n) is 4.37. The molecule has 1 saturated heterocycles. The number of benzene rings is 2. The fourth-order valence-electron chi connectivity index (χ4n) is 2.88. The van der Waals surface area contributed by atoms with Crippen molar-refractivity contribution in [2.24, 2.45) is 0 Å². The van der Waals surface area contributed by atoms with Gasteiger partial charge in [0, 0.05) is 43.0 Å². The molecular weight excluding hydrogens is 344 g/mol. The van der Waals surface area contributed by atoms with Gasteiger partial charge in [-0.25, -0.2) is 0 Å². The first-order chi connectivity index (χ1) is 13.1.